The van der Waals surface area contributed by atoms with Crippen molar-refractivity contribution in [1.82, 2.24) is 19.6 Å². The van der Waals surface area contributed by atoms with E-state index in [1.165, 1.54) is 24.3 Å². The van der Waals surface area contributed by atoms with Crippen LogP contribution in [0.15, 0.2) is 24.3 Å². The first-order chi connectivity index (χ1) is 15.0. The van der Waals surface area contributed by atoms with Crippen molar-refractivity contribution in [2.24, 2.45) is 5.92 Å². The lowest BCUT2D eigenvalue weighted by Crippen LogP contribution is -2.54. The first-order valence-corrected chi connectivity index (χ1v) is 11.3. The number of benzene rings is 1. The van der Waals surface area contributed by atoms with Gasteiger partial charge in [0.2, 0.25) is 11.8 Å². The summed E-state index contributed by atoms with van der Waals surface area (Å²) in [7, 11) is 0. The standard InChI is InChI=1S/C23H31FN4O3/c24-20-7-5-18(6-8-20)22(30)28-11-3-4-19(16-28)23(31)27-14-12-25(13-15-27)17-21(29)26-9-1-2-10-26/h5-8,19H,1-4,9-17H2. The maximum atomic E-state index is 13.1. The van der Waals surface area contributed by atoms with Gasteiger partial charge < -0.3 is 14.7 Å². The first-order valence-electron chi connectivity index (χ1n) is 11.3. The zero-order chi connectivity index (χ0) is 21.8. The maximum Gasteiger partial charge on any atom is 0.253 e. The molecule has 1 aromatic carbocycles. The van der Waals surface area contributed by atoms with Crippen molar-refractivity contribution in [1.29, 1.82) is 0 Å². The Hall–Kier alpha value is -2.48. The van der Waals surface area contributed by atoms with Gasteiger partial charge in [-0.2, -0.15) is 0 Å². The number of nitrogens with zero attached hydrogens (tertiary/aromatic N) is 4. The van der Waals surface area contributed by atoms with Crippen LogP contribution in [-0.4, -0.2) is 96.2 Å². The predicted molar refractivity (Wildman–Crippen MR) is 114 cm³/mol. The molecule has 3 aliphatic rings. The molecule has 0 spiro atoms. The number of carbonyl (C=O) groups is 3. The molecule has 3 aliphatic heterocycles. The van der Waals surface area contributed by atoms with Gasteiger partial charge in [-0.15, -0.1) is 0 Å². The van der Waals surface area contributed by atoms with Crippen molar-refractivity contribution in [2.75, 3.05) is 58.9 Å². The average Bonchev–Trinajstić information content (AvgIpc) is 3.34. The molecule has 1 unspecified atom stereocenters. The molecule has 0 saturated carbocycles. The van der Waals surface area contributed by atoms with E-state index in [2.05, 4.69) is 4.90 Å². The van der Waals surface area contributed by atoms with E-state index in [4.69, 9.17) is 0 Å². The van der Waals surface area contributed by atoms with Crippen LogP contribution in [0.3, 0.4) is 0 Å². The van der Waals surface area contributed by atoms with Gasteiger partial charge >= 0.3 is 0 Å². The summed E-state index contributed by atoms with van der Waals surface area (Å²) in [5, 5.41) is 0. The van der Waals surface area contributed by atoms with Gasteiger partial charge in [-0.25, -0.2) is 4.39 Å². The van der Waals surface area contributed by atoms with Crippen LogP contribution in [0.4, 0.5) is 4.39 Å². The summed E-state index contributed by atoms with van der Waals surface area (Å²) in [5.41, 5.74) is 0.450. The van der Waals surface area contributed by atoms with Crippen LogP contribution in [0.2, 0.25) is 0 Å². The van der Waals surface area contributed by atoms with Crippen LogP contribution in [0.5, 0.6) is 0 Å². The number of piperazine rings is 1. The molecular formula is C23H31FN4O3. The fraction of sp³-hybridized carbons (Fsp3) is 0.609. The van der Waals surface area contributed by atoms with E-state index >= 15 is 0 Å². The third-order valence-electron chi connectivity index (χ3n) is 6.65. The molecule has 3 heterocycles. The zero-order valence-electron chi connectivity index (χ0n) is 18.0. The Labute approximate surface area is 182 Å². The van der Waals surface area contributed by atoms with Gasteiger partial charge in [0.25, 0.3) is 5.91 Å². The number of halogens is 1. The van der Waals surface area contributed by atoms with Gasteiger partial charge in [-0.3, -0.25) is 19.3 Å². The number of rotatable bonds is 4. The lowest BCUT2D eigenvalue weighted by atomic mass is 9.95. The minimum Gasteiger partial charge on any atom is -0.342 e. The van der Waals surface area contributed by atoms with E-state index in [9.17, 15) is 18.8 Å². The summed E-state index contributed by atoms with van der Waals surface area (Å²) in [6.45, 7) is 5.84. The fourth-order valence-electron chi connectivity index (χ4n) is 4.78. The number of amides is 3. The number of hydrogen-bond acceptors (Lipinski definition) is 4. The van der Waals surface area contributed by atoms with Crippen LogP contribution in [0, 0.1) is 11.7 Å². The van der Waals surface area contributed by atoms with Crippen LogP contribution in [0.25, 0.3) is 0 Å². The lowest BCUT2D eigenvalue weighted by Gasteiger charge is -2.39. The minimum absolute atomic E-state index is 0.0992. The highest BCUT2D eigenvalue weighted by molar-refractivity contribution is 5.94. The summed E-state index contributed by atoms with van der Waals surface area (Å²) in [4.78, 5) is 45.9. The minimum atomic E-state index is -0.371. The second kappa shape index (κ2) is 9.77. The topological polar surface area (TPSA) is 64.2 Å². The molecule has 8 heteroatoms. The molecular weight excluding hydrogens is 399 g/mol. The SMILES string of the molecule is O=C(CN1CCN(C(=O)C2CCCN(C(=O)c3ccc(F)cc3)C2)CC1)N1CCCC1. The highest BCUT2D eigenvalue weighted by atomic mass is 19.1. The zero-order valence-corrected chi connectivity index (χ0v) is 18.0. The smallest absolute Gasteiger partial charge is 0.253 e. The average molecular weight is 431 g/mol. The Bertz CT molecular complexity index is 802. The quantitative estimate of drug-likeness (QED) is 0.725. The number of carbonyl (C=O) groups excluding carboxylic acids is 3. The molecule has 3 amide bonds. The van der Waals surface area contributed by atoms with Gasteiger partial charge in [0.1, 0.15) is 5.82 Å². The van der Waals surface area contributed by atoms with Gasteiger partial charge in [0.05, 0.1) is 12.5 Å². The van der Waals surface area contributed by atoms with Gasteiger partial charge in [0.15, 0.2) is 0 Å². The van der Waals surface area contributed by atoms with E-state index in [-0.39, 0.29) is 29.5 Å². The summed E-state index contributed by atoms with van der Waals surface area (Å²) in [6.07, 6.45) is 3.75. The number of hydrogen-bond donors (Lipinski definition) is 0. The molecule has 0 aromatic heterocycles. The third kappa shape index (κ3) is 5.23. The van der Waals surface area contributed by atoms with E-state index in [0.717, 1.165) is 38.8 Å². The Balaban J connectivity index is 1.27. The Morgan fingerprint density at radius 2 is 1.45 bits per heavy atom. The van der Waals surface area contributed by atoms with Crippen LogP contribution in [-0.2, 0) is 9.59 Å². The van der Waals surface area contributed by atoms with E-state index in [1.807, 2.05) is 9.80 Å². The molecule has 1 aromatic rings. The molecule has 3 fully saturated rings. The van der Waals surface area contributed by atoms with Gasteiger partial charge in [-0.1, -0.05) is 0 Å². The fourth-order valence-corrected chi connectivity index (χ4v) is 4.78. The highest BCUT2D eigenvalue weighted by Crippen LogP contribution is 2.22. The largest absolute Gasteiger partial charge is 0.342 e. The predicted octanol–water partition coefficient (Wildman–Crippen LogP) is 1.44. The van der Waals surface area contributed by atoms with Crippen molar-refractivity contribution in [3.05, 3.63) is 35.6 Å². The highest BCUT2D eigenvalue weighted by Gasteiger charge is 2.33. The van der Waals surface area contributed by atoms with Crippen LogP contribution >= 0.6 is 0 Å². The summed E-state index contributed by atoms with van der Waals surface area (Å²) in [6, 6.07) is 5.55. The second-order valence-electron chi connectivity index (χ2n) is 8.79. The molecule has 0 N–H and O–H groups in total. The van der Waals surface area contributed by atoms with Crippen molar-refractivity contribution >= 4 is 17.7 Å². The maximum absolute atomic E-state index is 13.1. The molecule has 4 rings (SSSR count). The van der Waals surface area contributed by atoms with Gasteiger partial charge in [0, 0.05) is 57.9 Å². The Morgan fingerprint density at radius 1 is 0.806 bits per heavy atom. The molecule has 0 radical (unpaired) electrons. The normalized spacial score (nSPS) is 22.6. The van der Waals surface area contributed by atoms with E-state index in [1.54, 1.807) is 4.90 Å². The van der Waals surface area contributed by atoms with Crippen LogP contribution in [0.1, 0.15) is 36.0 Å². The number of piperidine rings is 1. The summed E-state index contributed by atoms with van der Waals surface area (Å²) in [5.74, 6) is -0.426. The molecule has 0 aliphatic carbocycles. The van der Waals surface area contributed by atoms with Crippen molar-refractivity contribution < 1.29 is 18.8 Å². The van der Waals surface area contributed by atoms with Crippen molar-refractivity contribution in [2.45, 2.75) is 25.7 Å². The molecule has 31 heavy (non-hydrogen) atoms. The monoisotopic (exact) mass is 430 g/mol. The second-order valence-corrected chi connectivity index (χ2v) is 8.79. The Morgan fingerprint density at radius 3 is 2.13 bits per heavy atom. The Kier molecular flexibility index (Phi) is 6.85. The molecule has 168 valence electrons. The molecule has 0 bridgehead atoms. The molecule has 7 nitrogen and oxygen atoms in total. The van der Waals surface area contributed by atoms with E-state index in [0.29, 0.717) is 51.4 Å². The van der Waals surface area contributed by atoms with Crippen molar-refractivity contribution in [3.8, 4) is 0 Å². The summed E-state index contributed by atoms with van der Waals surface area (Å²) < 4.78 is 13.1. The van der Waals surface area contributed by atoms with Crippen molar-refractivity contribution in [3.63, 3.8) is 0 Å². The summed E-state index contributed by atoms with van der Waals surface area (Å²) >= 11 is 0. The lowest BCUT2D eigenvalue weighted by molar-refractivity contribution is -0.139. The first kappa shape index (κ1) is 21.7. The van der Waals surface area contributed by atoms with Crippen LogP contribution < -0.4 is 0 Å². The molecule has 3 saturated heterocycles. The number of likely N-dealkylation sites (tertiary alicyclic amines) is 2. The third-order valence-corrected chi connectivity index (χ3v) is 6.65. The van der Waals surface area contributed by atoms with Gasteiger partial charge in [-0.05, 0) is 49.9 Å². The van der Waals surface area contributed by atoms with E-state index < -0.39 is 0 Å². The molecule has 1 atom stereocenters.